The molecule has 3 aromatic heterocycles. The number of aromatic nitrogens is 5. The molecule has 1 amide bonds. The molecule has 5 rings (SSSR count). The molecule has 0 fully saturated rings. The summed E-state index contributed by atoms with van der Waals surface area (Å²) in [5, 5.41) is 14.4. The Morgan fingerprint density at radius 2 is 2.00 bits per heavy atom. The number of hydrogen-bond donors (Lipinski definition) is 2. The maximum atomic E-state index is 13.5. The average molecular weight is 436 g/mol. The van der Waals surface area contributed by atoms with Crippen LogP contribution in [0.15, 0.2) is 59.1 Å². The van der Waals surface area contributed by atoms with E-state index in [1.807, 2.05) is 35.7 Å². The summed E-state index contributed by atoms with van der Waals surface area (Å²) in [5.74, 6) is -0.447. The number of nitrogens with zero attached hydrogens (tertiary/aromatic N) is 4. The van der Waals surface area contributed by atoms with E-state index in [2.05, 4.69) is 30.5 Å². The Balaban J connectivity index is 1.26. The summed E-state index contributed by atoms with van der Waals surface area (Å²) in [7, 11) is 0. The number of H-pyrrole nitrogens is 1. The van der Waals surface area contributed by atoms with Crippen LogP contribution in [0.3, 0.4) is 0 Å². The molecule has 0 radical (unpaired) electrons. The zero-order chi connectivity index (χ0) is 20.5. The number of fused-ring (bicyclic) bond motifs is 3. The third-order valence-corrected chi connectivity index (χ3v) is 5.90. The average Bonchev–Trinajstić information content (AvgIpc) is 3.37. The lowest BCUT2D eigenvalue weighted by Crippen LogP contribution is -2.14. The van der Waals surface area contributed by atoms with Gasteiger partial charge in [-0.05, 0) is 18.2 Å². The van der Waals surface area contributed by atoms with Gasteiger partial charge in [0.25, 0.3) is 0 Å². The highest BCUT2D eigenvalue weighted by atomic mass is 32.2. The van der Waals surface area contributed by atoms with Gasteiger partial charge in [0.2, 0.25) is 11.1 Å². The van der Waals surface area contributed by atoms with Gasteiger partial charge in [-0.2, -0.15) is 0 Å². The van der Waals surface area contributed by atoms with Gasteiger partial charge in [-0.3, -0.25) is 4.79 Å². The number of aromatic amines is 1. The minimum absolute atomic E-state index is 0.113. The first-order valence-electron chi connectivity index (χ1n) is 8.91. The molecule has 2 N–H and O–H groups in total. The predicted octanol–water partition coefficient (Wildman–Crippen LogP) is 4.50. The summed E-state index contributed by atoms with van der Waals surface area (Å²) in [5.41, 5.74) is 3.54. The minimum Gasteiger partial charge on any atom is -0.338 e. The van der Waals surface area contributed by atoms with E-state index in [1.165, 1.54) is 23.5 Å². The highest BCUT2D eigenvalue weighted by molar-refractivity contribution is 7.99. The van der Waals surface area contributed by atoms with Crippen molar-refractivity contribution in [3.63, 3.8) is 0 Å². The van der Waals surface area contributed by atoms with Crippen molar-refractivity contribution in [2.24, 2.45) is 0 Å². The molecule has 0 aliphatic heterocycles. The number of nitrogens with one attached hydrogen (secondary N) is 2. The molecule has 0 bridgehead atoms. The van der Waals surface area contributed by atoms with Crippen LogP contribution in [0.2, 0.25) is 0 Å². The highest BCUT2D eigenvalue weighted by Gasteiger charge is 2.13. The summed E-state index contributed by atoms with van der Waals surface area (Å²) in [4.78, 5) is 24.2. The summed E-state index contributed by atoms with van der Waals surface area (Å²) < 4.78 is 13.5. The standard InChI is InChI=1S/C20H13FN6OS2/c21-12-6-7-14-13(8-12)17-18(22-14)25-20(27-26-17)30-10-16(28)24-19-23-15(9-29-19)11-4-2-1-3-5-11/h1-9H,10H2,(H,22,25,27)(H,23,24,28). The van der Waals surface area contributed by atoms with Gasteiger partial charge in [-0.15, -0.1) is 21.5 Å². The Labute approximate surface area is 177 Å². The summed E-state index contributed by atoms with van der Waals surface area (Å²) >= 11 is 2.53. The van der Waals surface area contributed by atoms with E-state index < -0.39 is 0 Å². The van der Waals surface area contributed by atoms with E-state index in [4.69, 9.17) is 0 Å². The number of thioether (sulfide) groups is 1. The molecule has 30 heavy (non-hydrogen) atoms. The van der Waals surface area contributed by atoms with Gasteiger partial charge in [0.15, 0.2) is 10.8 Å². The number of hydrogen-bond acceptors (Lipinski definition) is 7. The fraction of sp³-hybridized carbons (Fsp3) is 0.0500. The summed E-state index contributed by atoms with van der Waals surface area (Å²) in [6.45, 7) is 0. The van der Waals surface area contributed by atoms with E-state index in [1.54, 1.807) is 6.07 Å². The van der Waals surface area contributed by atoms with Crippen molar-refractivity contribution in [1.82, 2.24) is 25.1 Å². The number of carbonyl (C=O) groups excluding carboxylic acids is 1. The molecule has 0 aliphatic rings. The van der Waals surface area contributed by atoms with Gasteiger partial charge in [0.05, 0.1) is 11.4 Å². The topological polar surface area (TPSA) is 96.5 Å². The molecule has 7 nitrogen and oxygen atoms in total. The second kappa shape index (κ2) is 7.81. The quantitative estimate of drug-likeness (QED) is 0.394. The third-order valence-electron chi connectivity index (χ3n) is 4.31. The van der Waals surface area contributed by atoms with E-state index in [0.29, 0.717) is 26.8 Å². The molecule has 148 valence electrons. The normalized spacial score (nSPS) is 11.2. The van der Waals surface area contributed by atoms with Crippen LogP contribution in [0.4, 0.5) is 9.52 Å². The number of carbonyl (C=O) groups is 1. The van der Waals surface area contributed by atoms with Crippen molar-refractivity contribution >= 4 is 56.2 Å². The van der Waals surface area contributed by atoms with Crippen LogP contribution >= 0.6 is 23.1 Å². The molecule has 0 saturated carbocycles. The van der Waals surface area contributed by atoms with E-state index >= 15 is 0 Å². The monoisotopic (exact) mass is 436 g/mol. The molecule has 5 aromatic rings. The van der Waals surface area contributed by atoms with Gasteiger partial charge < -0.3 is 10.3 Å². The summed E-state index contributed by atoms with van der Waals surface area (Å²) in [6.07, 6.45) is 0. The molecular formula is C20H13FN6OS2. The molecule has 2 aromatic carbocycles. The largest absolute Gasteiger partial charge is 0.338 e. The van der Waals surface area contributed by atoms with Crippen LogP contribution in [0.5, 0.6) is 0 Å². The van der Waals surface area contributed by atoms with Crippen molar-refractivity contribution < 1.29 is 9.18 Å². The van der Waals surface area contributed by atoms with Gasteiger partial charge in [0.1, 0.15) is 11.3 Å². The van der Waals surface area contributed by atoms with Crippen LogP contribution < -0.4 is 5.32 Å². The number of anilines is 1. The van der Waals surface area contributed by atoms with Crippen LogP contribution in [0, 0.1) is 5.82 Å². The fourth-order valence-corrected chi connectivity index (χ4v) is 4.27. The molecular weight excluding hydrogens is 423 g/mol. The molecule has 0 unspecified atom stereocenters. The first-order chi connectivity index (χ1) is 14.7. The maximum Gasteiger partial charge on any atom is 0.236 e. The second-order valence-electron chi connectivity index (χ2n) is 6.35. The third kappa shape index (κ3) is 3.74. The first kappa shape index (κ1) is 18.6. The van der Waals surface area contributed by atoms with Gasteiger partial charge in [-0.25, -0.2) is 14.4 Å². The Morgan fingerprint density at radius 3 is 2.87 bits per heavy atom. The second-order valence-corrected chi connectivity index (χ2v) is 8.15. The molecule has 0 spiro atoms. The predicted molar refractivity (Wildman–Crippen MR) is 116 cm³/mol. The molecule has 0 saturated heterocycles. The highest BCUT2D eigenvalue weighted by Crippen LogP contribution is 2.26. The summed E-state index contributed by atoms with van der Waals surface area (Å²) in [6, 6.07) is 14.2. The van der Waals surface area contributed by atoms with Crippen molar-refractivity contribution in [3.8, 4) is 11.3 Å². The molecule has 0 aliphatic carbocycles. The number of benzene rings is 2. The number of rotatable bonds is 5. The Morgan fingerprint density at radius 1 is 1.13 bits per heavy atom. The number of amides is 1. The zero-order valence-electron chi connectivity index (χ0n) is 15.3. The van der Waals surface area contributed by atoms with Crippen molar-refractivity contribution in [2.75, 3.05) is 11.1 Å². The lowest BCUT2D eigenvalue weighted by molar-refractivity contribution is -0.113. The smallest absolute Gasteiger partial charge is 0.236 e. The molecule has 0 atom stereocenters. The minimum atomic E-state index is -0.349. The van der Waals surface area contributed by atoms with Crippen molar-refractivity contribution in [1.29, 1.82) is 0 Å². The lowest BCUT2D eigenvalue weighted by Gasteiger charge is -2.01. The number of thiazole rings is 1. The number of halogens is 1. The zero-order valence-corrected chi connectivity index (χ0v) is 16.9. The molecule has 3 heterocycles. The lowest BCUT2D eigenvalue weighted by atomic mass is 10.2. The Bertz CT molecular complexity index is 1370. The van der Waals surface area contributed by atoms with Crippen molar-refractivity contribution in [2.45, 2.75) is 5.16 Å². The van der Waals surface area contributed by atoms with Crippen molar-refractivity contribution in [3.05, 3.63) is 59.7 Å². The van der Waals surface area contributed by atoms with Gasteiger partial charge in [0, 0.05) is 21.8 Å². The maximum absolute atomic E-state index is 13.5. The SMILES string of the molecule is O=C(CSc1nnc2c(n1)[nH]c1ccc(F)cc12)Nc1nc(-c2ccccc2)cs1. The van der Waals surface area contributed by atoms with E-state index in [0.717, 1.165) is 28.5 Å². The Kier molecular flexibility index (Phi) is 4.85. The van der Waals surface area contributed by atoms with Crippen LogP contribution in [-0.2, 0) is 4.79 Å². The molecule has 10 heteroatoms. The van der Waals surface area contributed by atoms with E-state index in [9.17, 15) is 9.18 Å². The van der Waals surface area contributed by atoms with Crippen LogP contribution in [0.1, 0.15) is 0 Å². The van der Waals surface area contributed by atoms with Crippen LogP contribution in [0.25, 0.3) is 33.3 Å². The Hall–Kier alpha value is -3.37. The van der Waals surface area contributed by atoms with Crippen LogP contribution in [-0.4, -0.2) is 36.8 Å². The van der Waals surface area contributed by atoms with Gasteiger partial charge >= 0.3 is 0 Å². The van der Waals surface area contributed by atoms with Gasteiger partial charge in [-0.1, -0.05) is 42.1 Å². The fourth-order valence-electron chi connectivity index (χ4n) is 2.95. The first-order valence-corrected chi connectivity index (χ1v) is 10.8. The van der Waals surface area contributed by atoms with E-state index in [-0.39, 0.29) is 17.5 Å².